The Hall–Kier alpha value is -3.45. The first kappa shape index (κ1) is 20.5. The number of imidazole rings is 1. The molecule has 2 aromatic heterocycles. The predicted molar refractivity (Wildman–Crippen MR) is 125 cm³/mol. The zero-order chi connectivity index (χ0) is 22.4. The number of H-pyrrole nitrogens is 2. The average Bonchev–Trinajstić information content (AvgIpc) is 3.52. The van der Waals surface area contributed by atoms with Gasteiger partial charge < -0.3 is 10.1 Å². The average molecular weight is 432 g/mol. The number of benzene rings is 2. The summed E-state index contributed by atoms with van der Waals surface area (Å²) in [5, 5.41) is 17.7. The van der Waals surface area contributed by atoms with Crippen LogP contribution in [-0.4, -0.2) is 49.3 Å². The molecule has 7 heteroatoms. The fourth-order valence-electron chi connectivity index (χ4n) is 4.34. The van der Waals surface area contributed by atoms with E-state index in [4.69, 9.17) is 4.98 Å². The molecule has 1 aliphatic rings. The molecule has 3 N–H and O–H groups in total. The Kier molecular flexibility index (Phi) is 5.06. The Morgan fingerprint density at radius 3 is 2.75 bits per heavy atom. The van der Waals surface area contributed by atoms with Crippen LogP contribution in [0.4, 0.5) is 4.39 Å². The van der Waals surface area contributed by atoms with Gasteiger partial charge in [0.05, 0.1) is 5.69 Å². The van der Waals surface area contributed by atoms with E-state index in [0.29, 0.717) is 40.4 Å². The van der Waals surface area contributed by atoms with E-state index >= 15 is 4.39 Å². The van der Waals surface area contributed by atoms with Gasteiger partial charge in [-0.1, -0.05) is 25.1 Å². The second-order valence-corrected chi connectivity index (χ2v) is 8.50. The Balaban J connectivity index is 1.51. The van der Waals surface area contributed by atoms with Crippen LogP contribution in [0.5, 0.6) is 5.75 Å². The molecule has 32 heavy (non-hydrogen) atoms. The maximum atomic E-state index is 15.5. The number of phenols is 1. The van der Waals surface area contributed by atoms with Crippen LogP contribution in [0.15, 0.2) is 42.6 Å². The summed E-state index contributed by atoms with van der Waals surface area (Å²) in [5.74, 6) is 0.430. The van der Waals surface area contributed by atoms with Crippen LogP contribution in [0.3, 0.4) is 0 Å². The van der Waals surface area contributed by atoms with Gasteiger partial charge >= 0.3 is 0 Å². The van der Waals surface area contributed by atoms with Gasteiger partial charge in [-0.05, 0) is 55.2 Å². The molecule has 1 aliphatic heterocycles. The van der Waals surface area contributed by atoms with E-state index in [0.717, 1.165) is 29.9 Å². The molecule has 0 unspecified atom stereocenters. The lowest BCUT2D eigenvalue weighted by molar-refractivity contribution is 0.290. The lowest BCUT2D eigenvalue weighted by atomic mass is 9.96. The summed E-state index contributed by atoms with van der Waals surface area (Å²) in [6, 6.07) is 9.14. The fourth-order valence-corrected chi connectivity index (χ4v) is 4.34. The van der Waals surface area contributed by atoms with Gasteiger partial charge in [0.25, 0.3) is 0 Å². The first-order chi connectivity index (χ1) is 15.5. The molecule has 0 amide bonds. The Labute approximate surface area is 185 Å². The highest BCUT2D eigenvalue weighted by molar-refractivity contribution is 5.95. The molecule has 6 nitrogen and oxygen atoms in total. The number of aromatic nitrogens is 4. The topological polar surface area (TPSA) is 80.8 Å². The summed E-state index contributed by atoms with van der Waals surface area (Å²) >= 11 is 0. The molecule has 0 spiro atoms. The minimum absolute atomic E-state index is 0.179. The van der Waals surface area contributed by atoms with Gasteiger partial charge in [0.1, 0.15) is 17.0 Å². The summed E-state index contributed by atoms with van der Waals surface area (Å²) in [4.78, 5) is 10.3. The van der Waals surface area contributed by atoms with Crippen LogP contribution in [-0.2, 0) is 6.42 Å². The number of phenolic OH excluding ortho intramolecular Hbond substituents is 1. The SMILES string of the molecule is CCc1cc(O)ccc1-c1ccc2c(-c3nc(C4=CCN(C(C)C)C4)c[nH]3)n[nH]c2c1F. The monoisotopic (exact) mass is 431 g/mol. The smallest absolute Gasteiger partial charge is 0.159 e. The maximum absolute atomic E-state index is 15.5. The molecule has 0 radical (unpaired) electrons. The molecule has 0 fully saturated rings. The minimum Gasteiger partial charge on any atom is -0.508 e. The Morgan fingerprint density at radius 1 is 1.19 bits per heavy atom. The van der Waals surface area contributed by atoms with Crippen molar-refractivity contribution in [3.05, 3.63) is 59.7 Å². The van der Waals surface area contributed by atoms with Crippen LogP contribution in [0.1, 0.15) is 32.0 Å². The fraction of sp³-hybridized carbons (Fsp3) is 0.280. The van der Waals surface area contributed by atoms with Gasteiger partial charge in [-0.25, -0.2) is 9.37 Å². The molecule has 2 aromatic carbocycles. The number of rotatable bonds is 5. The van der Waals surface area contributed by atoms with Crippen molar-refractivity contribution < 1.29 is 9.50 Å². The van der Waals surface area contributed by atoms with Gasteiger partial charge in [0.2, 0.25) is 0 Å². The predicted octanol–water partition coefficient (Wildman–Crippen LogP) is 5.13. The summed E-state index contributed by atoms with van der Waals surface area (Å²) in [6.07, 6.45) is 4.78. The quantitative estimate of drug-likeness (QED) is 0.409. The van der Waals surface area contributed by atoms with Crippen molar-refractivity contribution >= 4 is 16.5 Å². The molecule has 5 rings (SSSR count). The molecular weight excluding hydrogens is 405 g/mol. The van der Waals surface area contributed by atoms with Gasteiger partial charge in [-0.2, -0.15) is 5.10 Å². The molecule has 0 bridgehead atoms. The molecule has 0 saturated heterocycles. The highest BCUT2D eigenvalue weighted by Gasteiger charge is 2.22. The number of halogens is 1. The second-order valence-electron chi connectivity index (χ2n) is 8.50. The van der Waals surface area contributed by atoms with E-state index in [-0.39, 0.29) is 11.6 Å². The number of nitrogens with one attached hydrogen (secondary N) is 2. The van der Waals surface area contributed by atoms with Gasteiger partial charge in [0, 0.05) is 36.3 Å². The molecule has 0 aliphatic carbocycles. The Bertz CT molecular complexity index is 1330. The summed E-state index contributed by atoms with van der Waals surface area (Å²) in [5.41, 5.74) is 5.16. The largest absolute Gasteiger partial charge is 0.508 e. The van der Waals surface area contributed by atoms with Gasteiger partial charge in [0.15, 0.2) is 11.6 Å². The third-order valence-corrected chi connectivity index (χ3v) is 6.24. The zero-order valence-corrected chi connectivity index (χ0v) is 18.4. The van der Waals surface area contributed by atoms with Crippen molar-refractivity contribution in [2.75, 3.05) is 13.1 Å². The molecule has 3 heterocycles. The third kappa shape index (κ3) is 3.39. The van der Waals surface area contributed by atoms with E-state index in [2.05, 4.69) is 40.0 Å². The molecular formula is C25H26FN5O. The summed E-state index contributed by atoms with van der Waals surface area (Å²) in [7, 11) is 0. The van der Waals surface area contributed by atoms with Crippen molar-refractivity contribution in [3.8, 4) is 28.4 Å². The van der Waals surface area contributed by atoms with E-state index in [1.807, 2.05) is 19.2 Å². The number of hydrogen-bond donors (Lipinski definition) is 3. The van der Waals surface area contributed by atoms with E-state index in [9.17, 15) is 5.11 Å². The highest BCUT2D eigenvalue weighted by atomic mass is 19.1. The van der Waals surface area contributed by atoms with E-state index in [1.54, 1.807) is 24.3 Å². The second kappa shape index (κ2) is 7.91. The van der Waals surface area contributed by atoms with Crippen LogP contribution in [0.25, 0.3) is 39.1 Å². The van der Waals surface area contributed by atoms with Crippen LogP contribution in [0, 0.1) is 5.82 Å². The zero-order valence-electron chi connectivity index (χ0n) is 18.4. The van der Waals surface area contributed by atoms with Crippen molar-refractivity contribution in [1.82, 2.24) is 25.1 Å². The summed E-state index contributed by atoms with van der Waals surface area (Å²) < 4.78 is 15.5. The molecule has 164 valence electrons. The molecule has 4 aromatic rings. The normalized spacial score (nSPS) is 14.6. The summed E-state index contributed by atoms with van der Waals surface area (Å²) in [6.45, 7) is 8.15. The number of fused-ring (bicyclic) bond motifs is 1. The highest BCUT2D eigenvalue weighted by Crippen LogP contribution is 2.35. The third-order valence-electron chi connectivity index (χ3n) is 6.24. The van der Waals surface area contributed by atoms with Crippen molar-refractivity contribution in [2.24, 2.45) is 0 Å². The number of aromatic amines is 2. The number of nitrogens with zero attached hydrogens (tertiary/aromatic N) is 3. The number of aryl methyl sites for hydroxylation is 1. The van der Waals surface area contributed by atoms with Crippen LogP contribution in [0.2, 0.25) is 0 Å². The minimum atomic E-state index is -0.362. The van der Waals surface area contributed by atoms with Crippen molar-refractivity contribution in [3.63, 3.8) is 0 Å². The molecule has 0 saturated carbocycles. The van der Waals surface area contributed by atoms with Crippen molar-refractivity contribution in [2.45, 2.75) is 33.2 Å². The Morgan fingerprint density at radius 2 is 2.00 bits per heavy atom. The van der Waals surface area contributed by atoms with Gasteiger partial charge in [-0.15, -0.1) is 0 Å². The maximum Gasteiger partial charge on any atom is 0.159 e. The van der Waals surface area contributed by atoms with Gasteiger partial charge in [-0.3, -0.25) is 10.00 Å². The van der Waals surface area contributed by atoms with Crippen molar-refractivity contribution in [1.29, 1.82) is 0 Å². The standard InChI is InChI=1S/C25H26FN5O/c1-4-15-11-17(32)5-6-18(15)19-7-8-20-23(22(19)26)29-30-24(20)25-27-12-21(28-25)16-9-10-31(13-16)14(2)3/h5-9,11-12,14,32H,4,10,13H2,1-3H3,(H,27,28)(H,29,30). The first-order valence-electron chi connectivity index (χ1n) is 10.9. The van der Waals surface area contributed by atoms with E-state index < -0.39 is 0 Å². The lowest BCUT2D eigenvalue weighted by Crippen LogP contribution is -2.28. The van der Waals surface area contributed by atoms with Crippen LogP contribution >= 0.6 is 0 Å². The lowest BCUT2D eigenvalue weighted by Gasteiger charge is -2.19. The first-order valence-corrected chi connectivity index (χ1v) is 10.9. The number of hydrogen-bond acceptors (Lipinski definition) is 4. The van der Waals surface area contributed by atoms with Crippen LogP contribution < -0.4 is 0 Å². The molecule has 0 atom stereocenters. The number of aromatic hydroxyl groups is 1. The van der Waals surface area contributed by atoms with E-state index in [1.165, 1.54) is 5.57 Å².